The number of amides is 2. The van der Waals surface area contributed by atoms with Gasteiger partial charge in [-0.3, -0.25) is 9.59 Å². The fourth-order valence-corrected chi connectivity index (χ4v) is 16.5. The van der Waals surface area contributed by atoms with Gasteiger partial charge in [-0.25, -0.2) is 0 Å². The van der Waals surface area contributed by atoms with Gasteiger partial charge in [0.05, 0.1) is 72.7 Å². The molecule has 58 heteroatoms. The standard InChI is InChI=1S/C70H118N2O56/c1-14(82)71-27-38(93)52(23(10-80)110-60(27)107)121-61-28(72-15(2)83)39(94)53(24(11-81)118-61)122-66-51(106)55(124-69-59(46(101)35(90)21(8-78)116-69)128-70-58(45(100)34(89)22(9-79)117-70)127-65-49(104)42(97)31(86)18(5-75)113-65)37(92)26(120-66)12-108-62-50(105)54(123-68-57(44(99)33(88)20(7-77)115-68)126-64-48(103)41(96)30(85)17(4-74)112-64)36(91)25(119-62)13-109-67-56(43(98)32(87)19(6-76)114-67)125-63-47(102)40(95)29(84)16(3-73)111-63/h16-70,73-81,84-107H,3-13H2,1-2H3,(H,71,82)(H,72,83)/t16-,17-,18-,19-,20-,21-,22-,23-,24-,25-,26-,27-,28-,29-,30-,31-,32-,33-,34-,35-,36-,37-,38-,39-,40+,41+,42+,43+,44+,45+,46+,47+,48+,49+,50+,51+,52-,53-,54+,55+,56+,57+,58+,59+,60-,61+,62-,63+,64-,65-,66+,67+,68+,69+,70-/m1/s1. The van der Waals surface area contributed by atoms with E-state index in [-0.39, 0.29) is 0 Å². The second-order valence-corrected chi connectivity index (χ2v) is 32.3. The van der Waals surface area contributed by atoms with E-state index in [2.05, 4.69) is 10.6 Å². The van der Waals surface area contributed by atoms with E-state index < -0.39 is 422 Å². The van der Waals surface area contributed by atoms with Gasteiger partial charge in [0, 0.05) is 13.8 Å². The van der Waals surface area contributed by atoms with Crippen molar-refractivity contribution < 1.29 is 278 Å². The first kappa shape index (κ1) is 105. The molecular weight excluding hydrogens is 1760 g/mol. The zero-order chi connectivity index (χ0) is 94.0. The number of ether oxygens (including phenoxy) is 21. The fourth-order valence-electron chi connectivity index (χ4n) is 16.5. The molecule has 11 saturated heterocycles. The van der Waals surface area contributed by atoms with Crippen LogP contribution in [-0.4, -0.2) is 591 Å². The molecule has 0 saturated carbocycles. The highest BCUT2D eigenvalue weighted by molar-refractivity contribution is 5.73. The second-order valence-electron chi connectivity index (χ2n) is 32.3. The lowest BCUT2D eigenvalue weighted by molar-refractivity contribution is -0.408. The number of nitrogens with one attached hydrogen (secondary N) is 2. The molecule has 0 aliphatic carbocycles. The maximum absolute atomic E-state index is 13.1. The Hall–Kier alpha value is -3.22. The summed E-state index contributed by atoms with van der Waals surface area (Å²) in [6.07, 6.45) is -117. The van der Waals surface area contributed by atoms with Crippen molar-refractivity contribution >= 4 is 11.8 Å². The second kappa shape index (κ2) is 45.8. The monoisotopic (exact) mass is 1880 g/mol. The number of aliphatic hydroxyl groups excluding tert-OH is 33. The maximum atomic E-state index is 13.1. The lowest BCUT2D eigenvalue weighted by Gasteiger charge is -2.51. The zero-order valence-corrected chi connectivity index (χ0v) is 67.7. The van der Waals surface area contributed by atoms with Gasteiger partial charge in [-0.05, 0) is 0 Å². The number of hydrogen-bond acceptors (Lipinski definition) is 56. The van der Waals surface area contributed by atoms with Crippen molar-refractivity contribution in [3.05, 3.63) is 0 Å². The van der Waals surface area contributed by atoms with Crippen LogP contribution in [0.3, 0.4) is 0 Å². The minimum Gasteiger partial charge on any atom is -0.394 e. The van der Waals surface area contributed by atoms with E-state index in [4.69, 9.17) is 99.5 Å². The Morgan fingerprint density at radius 1 is 0.203 bits per heavy atom. The molecule has 58 nitrogen and oxygen atoms in total. The van der Waals surface area contributed by atoms with Crippen molar-refractivity contribution in [3.63, 3.8) is 0 Å². The van der Waals surface area contributed by atoms with E-state index in [0.717, 1.165) is 13.8 Å². The number of aliphatic hydroxyl groups is 33. The van der Waals surface area contributed by atoms with Crippen molar-refractivity contribution in [3.8, 4) is 0 Å². The van der Waals surface area contributed by atoms with E-state index in [1.165, 1.54) is 0 Å². The fraction of sp³-hybridized carbons (Fsp3) is 0.971. The molecule has 0 bridgehead atoms. The summed E-state index contributed by atoms with van der Waals surface area (Å²) in [5, 5.41) is 372. The van der Waals surface area contributed by atoms with Crippen LogP contribution in [0.4, 0.5) is 0 Å². The summed E-state index contributed by atoms with van der Waals surface area (Å²) < 4.78 is 124. The Labute approximate surface area is 722 Å². The summed E-state index contributed by atoms with van der Waals surface area (Å²) in [6.45, 7) is -10.9. The molecule has 744 valence electrons. The van der Waals surface area contributed by atoms with E-state index in [1.54, 1.807) is 0 Å². The first-order chi connectivity index (χ1) is 60.7. The van der Waals surface area contributed by atoms with Gasteiger partial charge in [0.1, 0.15) is 268 Å². The first-order valence-electron chi connectivity index (χ1n) is 40.7. The molecule has 55 atom stereocenters. The Kier molecular flexibility index (Phi) is 37.7. The maximum Gasteiger partial charge on any atom is 0.217 e. The molecule has 0 radical (unpaired) electrons. The summed E-state index contributed by atoms with van der Waals surface area (Å²) in [5.41, 5.74) is 0. The molecule has 2 amide bonds. The molecule has 11 rings (SSSR count). The molecular formula is C70H118N2O56. The Bertz CT molecular complexity index is 3380. The highest BCUT2D eigenvalue weighted by Crippen LogP contribution is 2.42. The molecule has 0 aromatic heterocycles. The molecule has 11 fully saturated rings. The number of hydrogen-bond donors (Lipinski definition) is 35. The summed E-state index contributed by atoms with van der Waals surface area (Å²) in [7, 11) is 0. The van der Waals surface area contributed by atoms with Crippen molar-refractivity contribution in [2.45, 2.75) is 351 Å². The third-order valence-electron chi connectivity index (χ3n) is 23.8. The third kappa shape index (κ3) is 22.5. The van der Waals surface area contributed by atoms with Crippen molar-refractivity contribution in [2.75, 3.05) is 72.7 Å². The molecule has 0 aromatic carbocycles. The average Bonchev–Trinajstić information content (AvgIpc) is 0.758. The normalized spacial score (nSPS) is 51.7. The van der Waals surface area contributed by atoms with Crippen LogP contribution < -0.4 is 10.6 Å². The molecule has 0 unspecified atom stereocenters. The number of rotatable bonds is 33. The van der Waals surface area contributed by atoms with E-state index in [0.29, 0.717) is 0 Å². The average molecular weight is 1880 g/mol. The Balaban J connectivity index is 0.961. The highest BCUT2D eigenvalue weighted by Gasteiger charge is 2.62. The van der Waals surface area contributed by atoms with Gasteiger partial charge in [-0.1, -0.05) is 0 Å². The lowest BCUT2D eigenvalue weighted by atomic mass is 9.94. The molecule has 0 spiro atoms. The van der Waals surface area contributed by atoms with Crippen LogP contribution >= 0.6 is 0 Å². The van der Waals surface area contributed by atoms with Crippen molar-refractivity contribution in [2.24, 2.45) is 0 Å². The lowest BCUT2D eigenvalue weighted by Crippen LogP contribution is -2.70. The zero-order valence-electron chi connectivity index (χ0n) is 67.7. The molecule has 35 N–H and O–H groups in total. The van der Waals surface area contributed by atoms with Crippen molar-refractivity contribution in [1.82, 2.24) is 10.6 Å². The van der Waals surface area contributed by atoms with Gasteiger partial charge >= 0.3 is 0 Å². The summed E-state index contributed by atoms with van der Waals surface area (Å²) in [4.78, 5) is 25.4. The van der Waals surface area contributed by atoms with Gasteiger partial charge in [0.2, 0.25) is 11.8 Å². The predicted octanol–water partition coefficient (Wildman–Crippen LogP) is -24.7. The van der Waals surface area contributed by atoms with Crippen LogP contribution in [0.1, 0.15) is 13.8 Å². The quantitative estimate of drug-likeness (QED) is 0.0290. The van der Waals surface area contributed by atoms with Gasteiger partial charge in [-0.2, -0.15) is 0 Å². The molecule has 11 aliphatic heterocycles. The van der Waals surface area contributed by atoms with Crippen LogP contribution in [0.2, 0.25) is 0 Å². The van der Waals surface area contributed by atoms with E-state index in [9.17, 15) is 178 Å². The number of carbonyl (C=O) groups is 2. The minimum absolute atomic E-state index is 0.824. The molecule has 128 heavy (non-hydrogen) atoms. The van der Waals surface area contributed by atoms with Crippen LogP contribution in [0.5, 0.6) is 0 Å². The van der Waals surface area contributed by atoms with E-state index in [1.807, 2.05) is 0 Å². The SMILES string of the molecule is CC(=O)N[C@@H]1[C@@H](O)[C@H](O[C@@H]2O[C@H](CO)[C@@H](O[C@@H]3O[C@H](CO[C@@H]4O[C@H](CO[C@H]5O[C@H](CO)[C@@H](O)[C@H](O)[C@@H]5O[C@@H]5O[C@H](CO)[C@@H](O)[C@H](O)[C@@H]5O)[C@@H](O)[C@H](O[C@@H]5O[C@H](CO)[C@@H](O)[C@H](O)[C@@H]5O[C@H]5O[C@H](CO)[C@@H](O)[C@H](O)[C@@H]5O)[C@@H]4O)[C@@H](O)[C@H](O[C@@H]4O[C@H](CO)[C@@H](O)[C@H](O)[C@@H]4O[C@H]4O[C@H](CO)[C@@H](O)[C@H](O)[C@@H]4O[C@H]4O[C@H](CO)[C@@H](O)[C@H](O)[C@@H]4O)[C@@H]3O)[C@H](O)[C@H]2NC(C)=O)[C@@H](CO)O[C@H]1O. The smallest absolute Gasteiger partial charge is 0.217 e. The first-order valence-corrected chi connectivity index (χ1v) is 40.7. The van der Waals surface area contributed by atoms with Gasteiger partial charge in [0.15, 0.2) is 69.2 Å². The minimum atomic E-state index is -2.69. The largest absolute Gasteiger partial charge is 0.394 e. The van der Waals surface area contributed by atoms with Crippen molar-refractivity contribution in [1.29, 1.82) is 0 Å². The van der Waals surface area contributed by atoms with Crippen LogP contribution in [-0.2, 0) is 109 Å². The summed E-state index contributed by atoms with van der Waals surface area (Å²) in [6, 6.07) is -3.71. The van der Waals surface area contributed by atoms with E-state index >= 15 is 0 Å². The number of carbonyl (C=O) groups excluding carboxylic acids is 2. The molecule has 11 heterocycles. The molecule has 0 aromatic rings. The van der Waals surface area contributed by atoms with Gasteiger partial charge in [0.25, 0.3) is 0 Å². The predicted molar refractivity (Wildman–Crippen MR) is 386 cm³/mol. The Morgan fingerprint density at radius 2 is 0.430 bits per heavy atom. The van der Waals surface area contributed by atoms with Gasteiger partial charge in [-0.15, -0.1) is 0 Å². The van der Waals surface area contributed by atoms with Crippen LogP contribution in [0.15, 0.2) is 0 Å². The van der Waals surface area contributed by atoms with Crippen LogP contribution in [0.25, 0.3) is 0 Å². The summed E-state index contributed by atoms with van der Waals surface area (Å²) in [5.74, 6) is -1.82. The van der Waals surface area contributed by atoms with Crippen LogP contribution in [0, 0.1) is 0 Å². The van der Waals surface area contributed by atoms with Gasteiger partial charge < -0.3 is 279 Å². The molecule has 11 aliphatic rings. The highest BCUT2D eigenvalue weighted by atomic mass is 16.8. The Morgan fingerprint density at radius 3 is 0.773 bits per heavy atom. The topological polar surface area (TPSA) is 920 Å². The third-order valence-corrected chi connectivity index (χ3v) is 23.8. The summed E-state index contributed by atoms with van der Waals surface area (Å²) >= 11 is 0.